The number of allylic oxidation sites excluding steroid dienone is 7. The van der Waals surface area contributed by atoms with E-state index in [4.69, 9.17) is 0 Å². The van der Waals surface area contributed by atoms with Crippen molar-refractivity contribution in [3.8, 4) is 0 Å². The fourth-order valence-electron chi connectivity index (χ4n) is 10.3. The summed E-state index contributed by atoms with van der Waals surface area (Å²) in [5, 5.41) is 0. The van der Waals surface area contributed by atoms with E-state index in [9.17, 15) is 19.2 Å². The summed E-state index contributed by atoms with van der Waals surface area (Å²) >= 11 is 0. The molecule has 0 bridgehead atoms. The van der Waals surface area contributed by atoms with Crippen molar-refractivity contribution < 1.29 is 19.2 Å². The third-order valence-electron chi connectivity index (χ3n) is 13.2. The molecule has 3 fully saturated rings. The predicted molar refractivity (Wildman–Crippen MR) is 197 cm³/mol. The van der Waals surface area contributed by atoms with E-state index in [0.29, 0.717) is 49.4 Å². The summed E-state index contributed by atoms with van der Waals surface area (Å²) in [6.07, 6.45) is 20.4. The van der Waals surface area contributed by atoms with Crippen molar-refractivity contribution in [1.29, 1.82) is 0 Å². The van der Waals surface area contributed by atoms with Gasteiger partial charge in [0.2, 0.25) is 5.78 Å². The van der Waals surface area contributed by atoms with Gasteiger partial charge in [-0.15, -0.1) is 13.2 Å². The van der Waals surface area contributed by atoms with Gasteiger partial charge in [-0.05, 0) is 116 Å². The maximum absolute atomic E-state index is 15.0. The second kappa shape index (κ2) is 14.8. The van der Waals surface area contributed by atoms with Crippen molar-refractivity contribution in [2.24, 2.45) is 64.6 Å². The summed E-state index contributed by atoms with van der Waals surface area (Å²) in [4.78, 5) is 55.5. The van der Waals surface area contributed by atoms with Crippen LogP contribution in [0, 0.1) is 64.6 Å². The number of rotatable bonds is 19. The maximum Gasteiger partial charge on any atom is 0.201 e. The third-order valence-corrected chi connectivity index (χ3v) is 13.2. The van der Waals surface area contributed by atoms with Gasteiger partial charge in [-0.2, -0.15) is 0 Å². The minimum Gasteiger partial charge on any atom is -0.299 e. The Morgan fingerprint density at radius 2 is 1.67 bits per heavy atom. The lowest BCUT2D eigenvalue weighted by Crippen LogP contribution is -2.38. The molecule has 1 aromatic rings. The van der Waals surface area contributed by atoms with Gasteiger partial charge >= 0.3 is 0 Å². The summed E-state index contributed by atoms with van der Waals surface area (Å²) in [5.74, 6) is 0.419. The molecule has 0 radical (unpaired) electrons. The summed E-state index contributed by atoms with van der Waals surface area (Å²) in [5.41, 5.74) is 3.85. The van der Waals surface area contributed by atoms with Crippen LogP contribution in [0.3, 0.4) is 0 Å². The zero-order valence-corrected chi connectivity index (χ0v) is 29.8. The predicted octanol–water partition coefficient (Wildman–Crippen LogP) is 9.25. The minimum atomic E-state index is -0.666. The Labute approximate surface area is 294 Å². The van der Waals surface area contributed by atoms with E-state index in [1.807, 2.05) is 0 Å². The van der Waals surface area contributed by atoms with E-state index in [0.717, 1.165) is 32.1 Å². The molecule has 0 aromatic heterocycles. The smallest absolute Gasteiger partial charge is 0.201 e. The zero-order chi connectivity index (χ0) is 34.9. The maximum atomic E-state index is 15.0. The van der Waals surface area contributed by atoms with Gasteiger partial charge in [0.25, 0.3) is 0 Å². The molecule has 0 amide bonds. The van der Waals surface area contributed by atoms with E-state index < -0.39 is 23.4 Å². The standard InChI is InChI=1S/C45H56O4/c1-6-8-15-32(43(48)39(46)20-9-7-2)26-40(47)41-37(27-38-42(41)45(38,4)5)44(49)36(34-23-30-18-13-14-19-31(30)24-34)22-28(3)21-33-25-35(33)29-16-11-10-12-17-29/h6-7,10-14,16,18-19,29,32-38,41-42H,1-3,8-9,15,17,20-27H2,4-5H3. The molecule has 49 heavy (non-hydrogen) atoms. The number of ketones is 4. The Morgan fingerprint density at radius 1 is 0.959 bits per heavy atom. The van der Waals surface area contributed by atoms with Crippen molar-refractivity contribution >= 4 is 23.1 Å². The first-order valence-corrected chi connectivity index (χ1v) is 19.0. The van der Waals surface area contributed by atoms with Gasteiger partial charge in [-0.25, -0.2) is 0 Å². The molecule has 9 unspecified atom stereocenters. The van der Waals surface area contributed by atoms with E-state index in [1.54, 1.807) is 12.2 Å². The highest BCUT2D eigenvalue weighted by atomic mass is 16.2. The quantitative estimate of drug-likeness (QED) is 0.110. The fraction of sp³-hybridized carbons (Fsp3) is 0.556. The minimum absolute atomic E-state index is 0.00180. The molecule has 0 aliphatic heterocycles. The van der Waals surface area contributed by atoms with Crippen LogP contribution in [0.4, 0.5) is 0 Å². The summed E-state index contributed by atoms with van der Waals surface area (Å²) in [6, 6.07) is 8.57. The van der Waals surface area contributed by atoms with Crippen LogP contribution < -0.4 is 0 Å². The number of carbonyl (C=O) groups excluding carboxylic acids is 4. The van der Waals surface area contributed by atoms with Gasteiger partial charge in [-0.3, -0.25) is 19.2 Å². The van der Waals surface area contributed by atoms with Crippen LogP contribution in [0.5, 0.6) is 0 Å². The Morgan fingerprint density at radius 3 is 2.33 bits per heavy atom. The van der Waals surface area contributed by atoms with Gasteiger partial charge < -0.3 is 0 Å². The first-order chi connectivity index (χ1) is 23.5. The number of Topliss-reactive ketones (excluding diaryl/α,β-unsaturated/α-hetero) is 4. The lowest BCUT2D eigenvalue weighted by Gasteiger charge is -2.32. The summed E-state index contributed by atoms with van der Waals surface area (Å²) in [6.45, 7) is 16.5. The van der Waals surface area contributed by atoms with Gasteiger partial charge in [0.15, 0.2) is 5.78 Å². The highest BCUT2D eigenvalue weighted by Crippen LogP contribution is 2.71. The third kappa shape index (κ3) is 7.54. The van der Waals surface area contributed by atoms with Crippen LogP contribution in [-0.2, 0) is 32.0 Å². The Bertz CT molecular complexity index is 1530. The average molecular weight is 661 g/mol. The summed E-state index contributed by atoms with van der Waals surface area (Å²) < 4.78 is 0. The van der Waals surface area contributed by atoms with Crippen molar-refractivity contribution in [2.45, 2.75) is 90.9 Å². The highest BCUT2D eigenvalue weighted by molar-refractivity contribution is 6.38. The second-order valence-electron chi connectivity index (χ2n) is 16.6. The second-order valence-corrected chi connectivity index (χ2v) is 16.6. The van der Waals surface area contributed by atoms with Crippen LogP contribution in [-0.4, -0.2) is 23.1 Å². The molecule has 5 aliphatic carbocycles. The fourth-order valence-corrected chi connectivity index (χ4v) is 10.3. The van der Waals surface area contributed by atoms with Crippen molar-refractivity contribution in [3.05, 3.63) is 97.2 Å². The van der Waals surface area contributed by atoms with Crippen LogP contribution >= 0.6 is 0 Å². The lowest BCUT2D eigenvalue weighted by atomic mass is 9.70. The number of hydrogen-bond donors (Lipinski definition) is 0. The molecular formula is C45H56O4. The van der Waals surface area contributed by atoms with Crippen LogP contribution in [0.1, 0.15) is 89.2 Å². The Kier molecular flexibility index (Phi) is 10.7. The molecule has 0 spiro atoms. The molecule has 0 heterocycles. The van der Waals surface area contributed by atoms with Crippen molar-refractivity contribution in [1.82, 2.24) is 0 Å². The number of fused-ring (bicyclic) bond motifs is 2. The molecule has 5 aliphatic rings. The molecule has 0 N–H and O–H groups in total. The van der Waals surface area contributed by atoms with E-state index in [2.05, 4.69) is 82.2 Å². The van der Waals surface area contributed by atoms with E-state index in [-0.39, 0.29) is 53.5 Å². The molecule has 4 heteroatoms. The molecule has 9 atom stereocenters. The lowest BCUT2D eigenvalue weighted by molar-refractivity contribution is -0.141. The Hall–Kier alpha value is -3.40. The average Bonchev–Trinajstić information content (AvgIpc) is 3.78. The largest absolute Gasteiger partial charge is 0.299 e. The highest BCUT2D eigenvalue weighted by Gasteiger charge is 2.69. The first-order valence-electron chi connectivity index (χ1n) is 19.0. The number of carbonyl (C=O) groups is 4. The monoisotopic (exact) mass is 660 g/mol. The first kappa shape index (κ1) is 35.4. The molecule has 260 valence electrons. The molecular weight excluding hydrogens is 604 g/mol. The Balaban J connectivity index is 1.20. The molecule has 1 aromatic carbocycles. The van der Waals surface area contributed by atoms with Gasteiger partial charge in [0.05, 0.1) is 0 Å². The van der Waals surface area contributed by atoms with Gasteiger partial charge in [0.1, 0.15) is 11.6 Å². The van der Waals surface area contributed by atoms with Gasteiger partial charge in [-0.1, -0.05) is 86.7 Å². The van der Waals surface area contributed by atoms with Crippen LogP contribution in [0.25, 0.3) is 0 Å². The molecule has 4 nitrogen and oxygen atoms in total. The zero-order valence-electron chi connectivity index (χ0n) is 29.8. The van der Waals surface area contributed by atoms with Crippen molar-refractivity contribution in [2.75, 3.05) is 0 Å². The molecule has 6 rings (SSSR count). The number of hydrogen-bond acceptors (Lipinski definition) is 4. The molecule has 0 saturated heterocycles. The summed E-state index contributed by atoms with van der Waals surface area (Å²) in [7, 11) is 0. The van der Waals surface area contributed by atoms with Gasteiger partial charge in [0, 0.05) is 36.5 Å². The van der Waals surface area contributed by atoms with Crippen LogP contribution in [0.2, 0.25) is 0 Å². The van der Waals surface area contributed by atoms with Crippen molar-refractivity contribution in [3.63, 3.8) is 0 Å². The SMILES string of the molecule is C=CCCC(=O)C(=O)C(CCC=C)CC(=O)C1C(C(=O)C(CC(=C)CC2CC2C2C=CC=CC2)C2Cc3ccccc3C2)CC2C1C2(C)C. The van der Waals surface area contributed by atoms with E-state index in [1.165, 1.54) is 23.1 Å². The van der Waals surface area contributed by atoms with Crippen LogP contribution in [0.15, 0.2) is 86.0 Å². The number of benzene rings is 1. The van der Waals surface area contributed by atoms with E-state index >= 15 is 0 Å². The topological polar surface area (TPSA) is 68.3 Å². The normalized spacial score (nSPS) is 30.1. The molecule has 3 saturated carbocycles.